The van der Waals surface area contributed by atoms with Gasteiger partial charge in [0.1, 0.15) is 24.3 Å². The molecule has 1 aliphatic rings. The van der Waals surface area contributed by atoms with Gasteiger partial charge in [0, 0.05) is 25.3 Å². The van der Waals surface area contributed by atoms with Crippen molar-refractivity contribution >= 4 is 11.6 Å². The molecule has 1 fully saturated rings. The van der Waals surface area contributed by atoms with Crippen molar-refractivity contribution in [2.24, 2.45) is 0 Å². The summed E-state index contributed by atoms with van der Waals surface area (Å²) in [7, 11) is 3.85. The van der Waals surface area contributed by atoms with Crippen molar-refractivity contribution in [3.8, 4) is 0 Å². The number of hydrogen-bond donors (Lipinski definition) is 5. The molecule has 1 heterocycles. The summed E-state index contributed by atoms with van der Waals surface area (Å²) >= 11 is 0. The maximum Gasteiger partial charge on any atom is 0.251 e. The van der Waals surface area contributed by atoms with Gasteiger partial charge in [-0.3, -0.25) is 4.79 Å². The van der Waals surface area contributed by atoms with Crippen molar-refractivity contribution in [2.45, 2.75) is 24.3 Å². The van der Waals surface area contributed by atoms with Crippen LogP contribution in [-0.2, 0) is 0 Å². The third kappa shape index (κ3) is 3.56. The lowest BCUT2D eigenvalue weighted by Gasteiger charge is -2.14. The average Bonchev–Trinajstić information content (AvgIpc) is 2.80. The zero-order valence-electron chi connectivity index (χ0n) is 12.8. The molecule has 0 spiro atoms. The summed E-state index contributed by atoms with van der Waals surface area (Å²) in [6.07, 6.45) is -1.94. The number of amides is 1. The van der Waals surface area contributed by atoms with Gasteiger partial charge < -0.3 is 30.9 Å². The molecule has 0 bridgehead atoms. The highest BCUT2D eigenvalue weighted by molar-refractivity contribution is 5.94. The number of carbonyl (C=O) groups excluding carboxylic acids is 1. The molecule has 0 radical (unpaired) electrons. The number of aliphatic hydroxyl groups is 3. The van der Waals surface area contributed by atoms with Gasteiger partial charge in [-0.05, 0) is 24.3 Å². The Hall–Kier alpha value is -1.67. The Bertz CT molecular complexity index is 506. The van der Waals surface area contributed by atoms with Crippen molar-refractivity contribution in [2.75, 3.05) is 32.1 Å². The zero-order chi connectivity index (χ0) is 16.3. The highest BCUT2D eigenvalue weighted by atomic mass is 16.3. The number of nitrogens with zero attached hydrogens (tertiary/aromatic N) is 1. The Kier molecular flexibility index (Phi) is 5.36. The molecule has 22 heavy (non-hydrogen) atoms. The fourth-order valence-electron chi connectivity index (χ4n) is 2.63. The molecule has 0 aliphatic carbocycles. The van der Waals surface area contributed by atoms with Crippen LogP contribution in [0, 0.1) is 0 Å². The maximum absolute atomic E-state index is 12.1. The van der Waals surface area contributed by atoms with Gasteiger partial charge in [-0.2, -0.15) is 0 Å². The molecule has 7 heteroatoms. The SMILES string of the molecule is CN(C)c1ccc(C(=O)NC[C@H]2[NH2+][C@H](CO)[C@@H](O)[C@@H]2O)cc1. The van der Waals surface area contributed by atoms with Crippen molar-refractivity contribution in [3.63, 3.8) is 0 Å². The van der Waals surface area contributed by atoms with Gasteiger partial charge >= 0.3 is 0 Å². The lowest BCUT2D eigenvalue weighted by atomic mass is 10.1. The van der Waals surface area contributed by atoms with E-state index in [-0.39, 0.29) is 25.1 Å². The molecule has 1 aromatic carbocycles. The Labute approximate surface area is 129 Å². The van der Waals surface area contributed by atoms with Crippen LogP contribution in [0.15, 0.2) is 24.3 Å². The second-order valence-corrected chi connectivity index (χ2v) is 5.84. The van der Waals surface area contributed by atoms with Crippen LogP contribution in [0.4, 0.5) is 5.69 Å². The van der Waals surface area contributed by atoms with Crippen molar-refractivity contribution < 1.29 is 25.4 Å². The van der Waals surface area contributed by atoms with E-state index in [1.807, 2.05) is 31.1 Å². The van der Waals surface area contributed by atoms with E-state index in [1.54, 1.807) is 17.4 Å². The Morgan fingerprint density at radius 3 is 2.27 bits per heavy atom. The first kappa shape index (κ1) is 16.7. The normalized spacial score (nSPS) is 27.7. The van der Waals surface area contributed by atoms with Crippen LogP contribution in [0.1, 0.15) is 10.4 Å². The minimum atomic E-state index is -0.980. The Morgan fingerprint density at radius 2 is 1.77 bits per heavy atom. The standard InChI is InChI=1S/C15H23N3O4/c1-18(2)10-5-3-9(4-6-10)15(22)16-7-11-13(20)14(21)12(8-19)17-11/h3-6,11-14,17,19-21H,7-8H2,1-2H3,(H,16,22)/p+1/t11-,12-,13-,14-/m1/s1. The van der Waals surface area contributed by atoms with Crippen LogP contribution in [0.25, 0.3) is 0 Å². The molecular formula is C15H24N3O4+. The first-order chi connectivity index (χ1) is 10.4. The molecule has 1 saturated heterocycles. The molecule has 122 valence electrons. The highest BCUT2D eigenvalue weighted by Gasteiger charge is 2.44. The summed E-state index contributed by atoms with van der Waals surface area (Å²) < 4.78 is 0. The maximum atomic E-state index is 12.1. The number of rotatable bonds is 5. The molecular weight excluding hydrogens is 286 g/mol. The third-order valence-electron chi connectivity index (χ3n) is 4.08. The summed E-state index contributed by atoms with van der Waals surface area (Å²) in [4.78, 5) is 14.0. The number of aliphatic hydroxyl groups excluding tert-OH is 3. The summed E-state index contributed by atoms with van der Waals surface area (Å²) in [6.45, 7) is 0.0116. The smallest absolute Gasteiger partial charge is 0.251 e. The van der Waals surface area contributed by atoms with E-state index in [9.17, 15) is 15.0 Å². The fraction of sp³-hybridized carbons (Fsp3) is 0.533. The number of nitrogens with one attached hydrogen (secondary N) is 1. The molecule has 0 unspecified atom stereocenters. The van der Waals surface area contributed by atoms with Crippen LogP contribution in [0.5, 0.6) is 0 Å². The molecule has 7 nitrogen and oxygen atoms in total. The van der Waals surface area contributed by atoms with E-state index in [0.29, 0.717) is 5.56 Å². The second-order valence-electron chi connectivity index (χ2n) is 5.84. The molecule has 1 amide bonds. The zero-order valence-corrected chi connectivity index (χ0v) is 12.8. The molecule has 2 rings (SSSR count). The number of nitrogens with two attached hydrogens (primary N) is 1. The number of quaternary nitrogens is 1. The monoisotopic (exact) mass is 310 g/mol. The van der Waals surface area contributed by atoms with Gasteiger partial charge in [-0.15, -0.1) is 0 Å². The minimum Gasteiger partial charge on any atom is -0.390 e. The van der Waals surface area contributed by atoms with E-state index in [4.69, 9.17) is 5.11 Å². The van der Waals surface area contributed by atoms with Crippen molar-refractivity contribution in [3.05, 3.63) is 29.8 Å². The molecule has 0 aromatic heterocycles. The fourth-order valence-corrected chi connectivity index (χ4v) is 2.63. The average molecular weight is 310 g/mol. The topological polar surface area (TPSA) is 110 Å². The van der Waals surface area contributed by atoms with E-state index in [2.05, 4.69) is 5.32 Å². The van der Waals surface area contributed by atoms with Crippen LogP contribution < -0.4 is 15.5 Å². The molecule has 6 N–H and O–H groups in total. The van der Waals surface area contributed by atoms with Gasteiger partial charge in [0.2, 0.25) is 0 Å². The van der Waals surface area contributed by atoms with Gasteiger partial charge in [-0.1, -0.05) is 0 Å². The van der Waals surface area contributed by atoms with E-state index < -0.39 is 18.2 Å². The lowest BCUT2D eigenvalue weighted by molar-refractivity contribution is -0.706. The predicted molar refractivity (Wildman–Crippen MR) is 81.7 cm³/mol. The van der Waals surface area contributed by atoms with Gasteiger partial charge in [-0.25, -0.2) is 0 Å². The first-order valence-electron chi connectivity index (χ1n) is 7.31. The van der Waals surface area contributed by atoms with Crippen molar-refractivity contribution in [1.29, 1.82) is 0 Å². The van der Waals surface area contributed by atoms with E-state index in [1.165, 1.54) is 0 Å². The molecule has 1 aliphatic heterocycles. The summed E-state index contributed by atoms with van der Waals surface area (Å²) in [5.41, 5.74) is 1.54. The van der Waals surface area contributed by atoms with Gasteiger partial charge in [0.25, 0.3) is 5.91 Å². The number of benzene rings is 1. The highest BCUT2D eigenvalue weighted by Crippen LogP contribution is 2.12. The Balaban J connectivity index is 1.90. The number of carbonyl (C=O) groups is 1. The van der Waals surface area contributed by atoms with Gasteiger partial charge in [0.15, 0.2) is 0 Å². The molecule has 4 atom stereocenters. The second kappa shape index (κ2) is 7.06. The van der Waals surface area contributed by atoms with Crippen LogP contribution in [0.2, 0.25) is 0 Å². The minimum absolute atomic E-state index is 0.214. The quantitative estimate of drug-likeness (QED) is 0.413. The third-order valence-corrected chi connectivity index (χ3v) is 4.08. The summed E-state index contributed by atoms with van der Waals surface area (Å²) in [5.74, 6) is -0.229. The number of anilines is 1. The summed E-state index contributed by atoms with van der Waals surface area (Å²) in [6, 6.07) is 6.39. The van der Waals surface area contributed by atoms with Crippen molar-refractivity contribution in [1.82, 2.24) is 5.32 Å². The number of hydrogen-bond acceptors (Lipinski definition) is 5. The van der Waals surface area contributed by atoms with E-state index >= 15 is 0 Å². The largest absolute Gasteiger partial charge is 0.390 e. The first-order valence-corrected chi connectivity index (χ1v) is 7.31. The van der Waals surface area contributed by atoms with Crippen LogP contribution in [0.3, 0.4) is 0 Å². The summed E-state index contributed by atoms with van der Waals surface area (Å²) in [5, 5.41) is 33.2. The molecule has 0 saturated carbocycles. The predicted octanol–water partition coefficient (Wildman–Crippen LogP) is -2.49. The van der Waals surface area contributed by atoms with Crippen LogP contribution in [-0.4, -0.2) is 72.8 Å². The van der Waals surface area contributed by atoms with E-state index in [0.717, 1.165) is 5.69 Å². The Morgan fingerprint density at radius 1 is 1.18 bits per heavy atom. The van der Waals surface area contributed by atoms with Gasteiger partial charge in [0.05, 0.1) is 13.2 Å². The van der Waals surface area contributed by atoms with Crippen LogP contribution >= 0.6 is 0 Å². The molecule has 1 aromatic rings. The lowest BCUT2D eigenvalue weighted by Crippen LogP contribution is -2.95.